The maximum absolute atomic E-state index is 9.60. The molecule has 0 bridgehead atoms. The fourth-order valence-electron chi connectivity index (χ4n) is 1.10. The first kappa shape index (κ1) is 8.80. The highest BCUT2D eigenvalue weighted by Crippen LogP contribution is 2.20. The molecular weight excluding hydrogens is 204 g/mol. The average molecular weight is 212 g/mol. The first-order valence-electron chi connectivity index (χ1n) is 3.70. The summed E-state index contributed by atoms with van der Waals surface area (Å²) >= 11 is 2.18. The Kier molecular flexibility index (Phi) is 2.39. The molecule has 13 heavy (non-hydrogen) atoms. The molecule has 0 saturated carbocycles. The molecule has 1 aromatic heterocycles. The number of fused-ring (bicyclic) bond motifs is 1. The Morgan fingerprint density at radius 2 is 2.38 bits per heavy atom. The fourth-order valence-corrected chi connectivity index (χ4v) is 2.28. The van der Waals surface area contributed by atoms with E-state index in [9.17, 15) is 5.11 Å². The van der Waals surface area contributed by atoms with Crippen molar-refractivity contribution < 1.29 is 5.11 Å². The minimum absolute atomic E-state index is 0.372. The first-order chi connectivity index (χ1) is 6.33. The summed E-state index contributed by atoms with van der Waals surface area (Å²) in [5.41, 5.74) is 1.69. The van der Waals surface area contributed by atoms with Gasteiger partial charge in [-0.2, -0.15) is 11.4 Å². The molecule has 2 aromatic rings. The summed E-state index contributed by atoms with van der Waals surface area (Å²) < 4.78 is 4.80. The second kappa shape index (κ2) is 3.53. The van der Waals surface area contributed by atoms with E-state index in [1.54, 1.807) is 0 Å². The fraction of sp³-hybridized carbons (Fsp3) is 0.125. The summed E-state index contributed by atoms with van der Waals surface area (Å²) in [6.07, 6.45) is 1.89. The van der Waals surface area contributed by atoms with Crippen molar-refractivity contribution >= 4 is 38.2 Å². The van der Waals surface area contributed by atoms with Crippen LogP contribution in [0.2, 0.25) is 0 Å². The highest BCUT2D eigenvalue weighted by atomic mass is 32.1. The molecule has 1 heterocycles. The van der Waals surface area contributed by atoms with Crippen LogP contribution in [0.25, 0.3) is 10.2 Å². The van der Waals surface area contributed by atoms with Gasteiger partial charge in [0.1, 0.15) is 10.6 Å². The topological polar surface area (TPSA) is 46.0 Å². The molecule has 0 saturated heterocycles. The lowest BCUT2D eigenvalue weighted by Gasteiger charge is -1.98. The van der Waals surface area contributed by atoms with Gasteiger partial charge in [-0.25, -0.2) is 0 Å². The van der Waals surface area contributed by atoms with Gasteiger partial charge in [-0.15, -0.1) is 5.10 Å². The Labute approximate surface area is 83.2 Å². The lowest BCUT2D eigenvalue weighted by Crippen LogP contribution is -1.95. The Hall–Kier alpha value is -0.780. The Morgan fingerprint density at radius 1 is 1.54 bits per heavy atom. The Bertz CT molecular complexity index is 464. The van der Waals surface area contributed by atoms with Crippen LogP contribution in [0.3, 0.4) is 0 Å². The largest absolute Gasteiger partial charge is 0.355 e. The molecule has 68 valence electrons. The van der Waals surface area contributed by atoms with Gasteiger partial charge in [0.25, 0.3) is 0 Å². The van der Waals surface area contributed by atoms with Gasteiger partial charge in [0.05, 0.1) is 4.70 Å². The number of nitrogens with zero attached hydrogens (tertiary/aromatic N) is 2. The second-order valence-corrected chi connectivity index (χ2v) is 4.10. The van der Waals surface area contributed by atoms with Gasteiger partial charge in [-0.3, -0.25) is 0 Å². The Morgan fingerprint density at radius 3 is 3.15 bits per heavy atom. The van der Waals surface area contributed by atoms with Gasteiger partial charge in [0.2, 0.25) is 0 Å². The van der Waals surface area contributed by atoms with Gasteiger partial charge in [0, 0.05) is 5.56 Å². The quantitative estimate of drug-likeness (QED) is 0.560. The molecule has 0 aliphatic heterocycles. The van der Waals surface area contributed by atoms with Crippen LogP contribution >= 0.6 is 22.9 Å². The summed E-state index contributed by atoms with van der Waals surface area (Å²) in [6, 6.07) is 5.65. The summed E-state index contributed by atoms with van der Waals surface area (Å²) in [5, 5.41) is 13.9. The predicted octanol–water partition coefficient (Wildman–Crippen LogP) is 1.82. The predicted molar refractivity (Wildman–Crippen MR) is 59.1 cm³/mol. The highest BCUT2D eigenvalue weighted by molar-refractivity contribution is 7.98. The van der Waals surface area contributed by atoms with Crippen molar-refractivity contribution in [2.45, 2.75) is 0 Å². The standard InChI is InChI=1S/C8H8N2OS2/c1-12-8(11)5-3-2-4-6-7(5)13-10-9-6/h2-4,11-12H,1H3. The number of benzene rings is 1. The van der Waals surface area contributed by atoms with Crippen molar-refractivity contribution in [3.63, 3.8) is 0 Å². The number of aliphatic hydroxyl groups excluding tert-OH is 1. The van der Waals surface area contributed by atoms with Gasteiger partial charge in [-0.1, -0.05) is 16.6 Å². The molecule has 0 aliphatic rings. The van der Waals surface area contributed by atoms with Crippen molar-refractivity contribution in [3.05, 3.63) is 23.8 Å². The zero-order valence-corrected chi connectivity index (χ0v) is 8.64. The highest BCUT2D eigenvalue weighted by Gasteiger charge is 2.06. The number of hydrogen-bond donors (Lipinski definition) is 2. The molecule has 0 atom stereocenters. The third-order valence-electron chi connectivity index (χ3n) is 1.73. The van der Waals surface area contributed by atoms with Gasteiger partial charge in [0.15, 0.2) is 0 Å². The molecule has 5 heteroatoms. The zero-order chi connectivity index (χ0) is 9.26. The number of hydrogen-bond acceptors (Lipinski definition) is 3. The van der Waals surface area contributed by atoms with E-state index in [2.05, 4.69) is 9.59 Å². The van der Waals surface area contributed by atoms with Crippen LogP contribution in [0.15, 0.2) is 18.2 Å². The SMILES string of the molecule is C[SH]=C(O)c1cccc2nnsc12. The molecule has 1 aromatic carbocycles. The van der Waals surface area contributed by atoms with Gasteiger partial charge >= 0.3 is 0 Å². The second-order valence-electron chi connectivity index (χ2n) is 2.47. The summed E-state index contributed by atoms with van der Waals surface area (Å²) in [4.78, 5) is 0. The van der Waals surface area contributed by atoms with Crippen LogP contribution in [0.4, 0.5) is 0 Å². The summed E-state index contributed by atoms with van der Waals surface area (Å²) in [6.45, 7) is 0. The number of thiol groups is 1. The van der Waals surface area contributed by atoms with Crippen molar-refractivity contribution in [2.75, 3.05) is 6.26 Å². The van der Waals surface area contributed by atoms with Crippen LogP contribution in [0, 0.1) is 0 Å². The molecule has 0 aliphatic carbocycles. The number of aromatic nitrogens is 2. The van der Waals surface area contributed by atoms with Crippen LogP contribution in [0.5, 0.6) is 0 Å². The Balaban J connectivity index is 2.75. The minimum Gasteiger partial charge on any atom is -0.355 e. The van der Waals surface area contributed by atoms with Gasteiger partial charge < -0.3 is 5.11 Å². The van der Waals surface area contributed by atoms with Crippen molar-refractivity contribution in [1.82, 2.24) is 9.59 Å². The van der Waals surface area contributed by atoms with E-state index >= 15 is 0 Å². The molecule has 1 N–H and O–H groups in total. The molecule has 0 amide bonds. The van der Waals surface area contributed by atoms with Crippen molar-refractivity contribution in [1.29, 1.82) is 0 Å². The molecule has 0 spiro atoms. The minimum atomic E-state index is 0.372. The van der Waals surface area contributed by atoms with Crippen LogP contribution in [-0.2, 0) is 0 Å². The van der Waals surface area contributed by atoms with Crippen LogP contribution in [-0.4, -0.2) is 26.0 Å². The zero-order valence-electron chi connectivity index (χ0n) is 6.93. The average Bonchev–Trinajstić information content (AvgIpc) is 2.63. The van der Waals surface area contributed by atoms with Crippen molar-refractivity contribution in [3.8, 4) is 0 Å². The molecule has 2 rings (SSSR count). The normalized spacial score (nSPS) is 12.9. The molecule has 0 unspecified atom stereocenters. The van der Waals surface area contributed by atoms with E-state index in [1.807, 2.05) is 24.5 Å². The van der Waals surface area contributed by atoms with E-state index < -0.39 is 0 Å². The summed E-state index contributed by atoms with van der Waals surface area (Å²) in [5.74, 6) is 0. The van der Waals surface area contributed by atoms with Gasteiger partial charge in [-0.05, 0) is 23.9 Å². The van der Waals surface area contributed by atoms with Crippen LogP contribution in [0.1, 0.15) is 5.56 Å². The third kappa shape index (κ3) is 1.50. The van der Waals surface area contributed by atoms with Crippen LogP contribution < -0.4 is 0 Å². The number of aliphatic hydroxyl groups is 1. The monoisotopic (exact) mass is 212 g/mol. The van der Waals surface area contributed by atoms with E-state index in [4.69, 9.17) is 0 Å². The smallest absolute Gasteiger partial charge is 0.106 e. The van der Waals surface area contributed by atoms with E-state index in [0.29, 0.717) is 5.05 Å². The molecular formula is C8H8N2OS2. The number of rotatable bonds is 1. The third-order valence-corrected chi connectivity index (χ3v) is 3.17. The molecule has 0 radical (unpaired) electrons. The van der Waals surface area contributed by atoms with E-state index in [1.165, 1.54) is 11.5 Å². The maximum atomic E-state index is 9.60. The first-order valence-corrected chi connectivity index (χ1v) is 5.81. The van der Waals surface area contributed by atoms with E-state index in [-0.39, 0.29) is 0 Å². The molecule has 0 fully saturated rings. The van der Waals surface area contributed by atoms with Crippen molar-refractivity contribution in [2.24, 2.45) is 0 Å². The molecule has 3 nitrogen and oxygen atoms in total. The maximum Gasteiger partial charge on any atom is 0.106 e. The lowest BCUT2D eigenvalue weighted by atomic mass is 10.2. The van der Waals surface area contributed by atoms with E-state index in [0.717, 1.165) is 27.1 Å². The lowest BCUT2D eigenvalue weighted by molar-refractivity contribution is 0.571. The summed E-state index contributed by atoms with van der Waals surface area (Å²) in [7, 11) is 0.